The molecule has 1 amide bonds. The van der Waals surface area contributed by atoms with Crippen LogP contribution in [0.5, 0.6) is 0 Å². The van der Waals surface area contributed by atoms with E-state index in [1.165, 1.54) is 12.1 Å². The van der Waals surface area contributed by atoms with E-state index >= 15 is 0 Å². The van der Waals surface area contributed by atoms with E-state index in [2.05, 4.69) is 17.2 Å². The number of halogens is 1. The van der Waals surface area contributed by atoms with Crippen molar-refractivity contribution in [2.75, 3.05) is 18.5 Å². The summed E-state index contributed by atoms with van der Waals surface area (Å²) in [6.07, 6.45) is 3.27. The minimum Gasteiger partial charge on any atom is -0.384 e. The van der Waals surface area contributed by atoms with Gasteiger partial charge in [0.1, 0.15) is 12.4 Å². The summed E-state index contributed by atoms with van der Waals surface area (Å²) >= 11 is 0. The van der Waals surface area contributed by atoms with Gasteiger partial charge in [0.15, 0.2) is 0 Å². The van der Waals surface area contributed by atoms with Crippen LogP contribution >= 0.6 is 0 Å². The average molecular weight is 291 g/mol. The molecular weight excluding hydrogens is 273 g/mol. The molecule has 1 atom stereocenters. The number of aliphatic hydroxyl groups excluding tert-OH is 1. The van der Waals surface area contributed by atoms with E-state index in [1.54, 1.807) is 6.07 Å². The predicted octanol–water partition coefficient (Wildman–Crippen LogP) is 2.07. The molecule has 1 aliphatic rings. The van der Waals surface area contributed by atoms with E-state index in [1.807, 2.05) is 0 Å². The molecule has 5 heteroatoms. The predicted molar refractivity (Wildman–Crippen MR) is 77.2 cm³/mol. The first-order valence-corrected chi connectivity index (χ1v) is 7.00. The molecule has 21 heavy (non-hydrogen) atoms. The van der Waals surface area contributed by atoms with E-state index < -0.39 is 5.82 Å². The van der Waals surface area contributed by atoms with Gasteiger partial charge in [0, 0.05) is 18.7 Å². The molecule has 0 saturated carbocycles. The average Bonchev–Trinajstić information content (AvgIpc) is 2.98. The van der Waals surface area contributed by atoms with Crippen LogP contribution in [0.4, 0.5) is 10.1 Å². The van der Waals surface area contributed by atoms with Gasteiger partial charge in [-0.25, -0.2) is 4.39 Å². The smallest absolute Gasteiger partial charge is 0.224 e. The second-order valence-electron chi connectivity index (χ2n) is 4.88. The number of aliphatic hydroxyl groups is 1. The first-order chi connectivity index (χ1) is 10.2. The Kier molecular flexibility index (Phi) is 5.73. The van der Waals surface area contributed by atoms with Crippen LogP contribution in [0.1, 0.15) is 31.2 Å². The molecule has 0 radical (unpaired) electrons. The summed E-state index contributed by atoms with van der Waals surface area (Å²) in [7, 11) is 0. The number of rotatable bonds is 4. The summed E-state index contributed by atoms with van der Waals surface area (Å²) in [4.78, 5) is 11.8. The minimum atomic E-state index is -0.520. The third-order valence-corrected chi connectivity index (χ3v) is 3.27. The van der Waals surface area contributed by atoms with Crippen molar-refractivity contribution in [3.05, 3.63) is 29.6 Å². The second-order valence-corrected chi connectivity index (χ2v) is 4.88. The molecule has 1 fully saturated rings. The first kappa shape index (κ1) is 15.5. The van der Waals surface area contributed by atoms with E-state index in [9.17, 15) is 9.18 Å². The van der Waals surface area contributed by atoms with Crippen molar-refractivity contribution in [3.63, 3.8) is 0 Å². The summed E-state index contributed by atoms with van der Waals surface area (Å²) in [6, 6.07) is 4.30. The molecule has 112 valence electrons. The number of carbonyl (C=O) groups excluding carboxylic acids is 1. The summed E-state index contributed by atoms with van der Waals surface area (Å²) in [6.45, 7) is 0.453. The largest absolute Gasteiger partial charge is 0.384 e. The fraction of sp³-hybridized carbons (Fsp3) is 0.438. The fourth-order valence-corrected chi connectivity index (χ4v) is 2.22. The zero-order valence-electron chi connectivity index (χ0n) is 11.7. The Morgan fingerprint density at radius 3 is 3.05 bits per heavy atom. The lowest BCUT2D eigenvalue weighted by Gasteiger charge is -2.09. The van der Waals surface area contributed by atoms with Gasteiger partial charge in [-0.3, -0.25) is 4.79 Å². The number of amides is 1. The molecule has 4 nitrogen and oxygen atoms in total. The molecule has 0 bridgehead atoms. The number of anilines is 1. The second kappa shape index (κ2) is 7.77. The highest BCUT2D eigenvalue weighted by Gasteiger charge is 2.16. The van der Waals surface area contributed by atoms with Crippen molar-refractivity contribution in [3.8, 4) is 11.8 Å². The first-order valence-electron chi connectivity index (χ1n) is 7.00. The highest BCUT2D eigenvalue weighted by atomic mass is 19.1. The van der Waals surface area contributed by atoms with E-state index in [0.717, 1.165) is 19.4 Å². The maximum absolute atomic E-state index is 13.7. The van der Waals surface area contributed by atoms with E-state index in [-0.39, 0.29) is 24.2 Å². The number of ether oxygens (including phenoxy) is 1. The highest BCUT2D eigenvalue weighted by Crippen LogP contribution is 2.18. The summed E-state index contributed by atoms with van der Waals surface area (Å²) in [5.41, 5.74) is 0.598. The van der Waals surface area contributed by atoms with Gasteiger partial charge in [-0.1, -0.05) is 11.8 Å². The van der Waals surface area contributed by atoms with Crippen LogP contribution in [0.2, 0.25) is 0 Å². The summed E-state index contributed by atoms with van der Waals surface area (Å²) in [5, 5.41) is 11.2. The van der Waals surface area contributed by atoms with Crippen LogP contribution in [-0.4, -0.2) is 30.3 Å². The Morgan fingerprint density at radius 2 is 2.38 bits per heavy atom. The standard InChI is InChI=1S/C16H18FNO3/c17-15-11-13(6-5-12(15)3-1-9-19)18-16(20)8-7-14-4-2-10-21-14/h5-6,11,14,19H,2,4,7-10H2,(H,18,20). The quantitative estimate of drug-likeness (QED) is 0.835. The SMILES string of the molecule is O=C(CCC1CCCO1)Nc1ccc(C#CCO)c(F)c1. The Hall–Kier alpha value is -1.90. The molecule has 1 aromatic rings. The lowest BCUT2D eigenvalue weighted by atomic mass is 10.1. The number of carbonyl (C=O) groups is 1. The Morgan fingerprint density at radius 1 is 1.52 bits per heavy atom. The fourth-order valence-electron chi connectivity index (χ4n) is 2.22. The van der Waals surface area contributed by atoms with Crippen LogP contribution in [-0.2, 0) is 9.53 Å². The third-order valence-electron chi connectivity index (χ3n) is 3.27. The van der Waals surface area contributed by atoms with Gasteiger partial charge >= 0.3 is 0 Å². The van der Waals surface area contributed by atoms with Crippen molar-refractivity contribution in [1.29, 1.82) is 0 Å². The Bertz CT molecular complexity index is 556. The topological polar surface area (TPSA) is 58.6 Å². The van der Waals surface area contributed by atoms with E-state index in [4.69, 9.17) is 9.84 Å². The number of nitrogens with one attached hydrogen (secondary N) is 1. The maximum Gasteiger partial charge on any atom is 0.224 e. The highest BCUT2D eigenvalue weighted by molar-refractivity contribution is 5.90. The van der Waals surface area contributed by atoms with Crippen molar-refractivity contribution < 1.29 is 19.0 Å². The van der Waals surface area contributed by atoms with Gasteiger partial charge < -0.3 is 15.2 Å². The van der Waals surface area contributed by atoms with E-state index in [0.29, 0.717) is 18.5 Å². The van der Waals surface area contributed by atoms with Gasteiger partial charge in [0.2, 0.25) is 5.91 Å². The number of hydrogen-bond donors (Lipinski definition) is 2. The molecular formula is C16H18FNO3. The summed E-state index contributed by atoms with van der Waals surface area (Å²) < 4.78 is 19.2. The Labute approximate surface area is 123 Å². The molecule has 1 saturated heterocycles. The van der Waals surface area contributed by atoms with Gasteiger partial charge in [-0.05, 0) is 37.5 Å². The van der Waals surface area contributed by atoms with Gasteiger partial charge in [0.25, 0.3) is 0 Å². The zero-order chi connectivity index (χ0) is 15.1. The van der Waals surface area contributed by atoms with Crippen LogP contribution < -0.4 is 5.32 Å². The van der Waals surface area contributed by atoms with Crippen molar-refractivity contribution >= 4 is 11.6 Å². The van der Waals surface area contributed by atoms with Crippen LogP contribution in [0, 0.1) is 17.7 Å². The number of hydrogen-bond acceptors (Lipinski definition) is 3. The zero-order valence-corrected chi connectivity index (χ0v) is 11.7. The van der Waals surface area contributed by atoms with Gasteiger partial charge in [-0.15, -0.1) is 0 Å². The number of benzene rings is 1. The van der Waals surface area contributed by atoms with Crippen molar-refractivity contribution in [2.24, 2.45) is 0 Å². The Balaban J connectivity index is 1.87. The maximum atomic E-state index is 13.7. The van der Waals surface area contributed by atoms with Crippen molar-refractivity contribution in [1.82, 2.24) is 0 Å². The third kappa shape index (κ3) is 4.85. The lowest BCUT2D eigenvalue weighted by molar-refractivity contribution is -0.116. The van der Waals surface area contributed by atoms with Gasteiger partial charge in [-0.2, -0.15) is 0 Å². The molecule has 0 aromatic heterocycles. The molecule has 1 aromatic carbocycles. The van der Waals surface area contributed by atoms with Crippen molar-refractivity contribution in [2.45, 2.75) is 31.8 Å². The summed E-state index contributed by atoms with van der Waals surface area (Å²) in [5.74, 6) is 4.21. The molecule has 0 spiro atoms. The molecule has 1 aliphatic heterocycles. The monoisotopic (exact) mass is 291 g/mol. The molecule has 1 heterocycles. The van der Waals surface area contributed by atoms with Crippen LogP contribution in [0.15, 0.2) is 18.2 Å². The molecule has 2 N–H and O–H groups in total. The normalized spacial score (nSPS) is 17.1. The minimum absolute atomic E-state index is 0.154. The van der Waals surface area contributed by atoms with Crippen LogP contribution in [0.3, 0.4) is 0 Å². The molecule has 1 unspecified atom stereocenters. The van der Waals surface area contributed by atoms with Crippen LogP contribution in [0.25, 0.3) is 0 Å². The molecule has 2 rings (SSSR count). The lowest BCUT2D eigenvalue weighted by Crippen LogP contribution is -2.15. The van der Waals surface area contributed by atoms with Gasteiger partial charge in [0.05, 0.1) is 11.7 Å². The molecule has 0 aliphatic carbocycles.